The Balaban J connectivity index is 1.47. The lowest BCUT2D eigenvalue weighted by Gasteiger charge is -2.33. The Morgan fingerprint density at radius 3 is 2.55 bits per heavy atom. The topological polar surface area (TPSA) is 53.5 Å². The Morgan fingerprint density at radius 1 is 1.14 bits per heavy atom. The summed E-state index contributed by atoms with van der Waals surface area (Å²) < 4.78 is 0. The van der Waals surface area contributed by atoms with Gasteiger partial charge in [-0.1, -0.05) is 31.5 Å². The van der Waals surface area contributed by atoms with Crippen molar-refractivity contribution in [2.24, 2.45) is 5.92 Å². The number of unbranched alkanes of at least 4 members (excludes halogenated alkanes) is 1. The number of amides is 2. The van der Waals surface area contributed by atoms with Crippen LogP contribution in [0.2, 0.25) is 0 Å². The third-order valence-electron chi connectivity index (χ3n) is 6.32. The van der Waals surface area contributed by atoms with Gasteiger partial charge in [-0.15, -0.1) is 0 Å². The molecule has 2 aromatic rings. The van der Waals surface area contributed by atoms with Crippen LogP contribution in [-0.2, 0) is 4.79 Å². The maximum absolute atomic E-state index is 13.4. The molecule has 1 aromatic heterocycles. The Hall–Kier alpha value is -2.43. The lowest BCUT2D eigenvalue weighted by atomic mass is 9.94. The van der Waals surface area contributed by atoms with Crippen LogP contribution in [0, 0.1) is 5.92 Å². The fourth-order valence-corrected chi connectivity index (χ4v) is 4.28. The van der Waals surface area contributed by atoms with E-state index in [1.165, 1.54) is 0 Å². The second-order valence-electron chi connectivity index (χ2n) is 8.57. The molecule has 0 unspecified atom stereocenters. The molecule has 0 radical (unpaired) electrons. The van der Waals surface area contributed by atoms with Crippen LogP contribution in [0.3, 0.4) is 0 Å². The predicted octanol–water partition coefficient (Wildman–Crippen LogP) is 4.22. The number of rotatable bonds is 6. The van der Waals surface area contributed by atoms with E-state index in [0.717, 1.165) is 67.2 Å². The summed E-state index contributed by atoms with van der Waals surface area (Å²) in [6.45, 7) is 4.25. The van der Waals surface area contributed by atoms with Crippen molar-refractivity contribution in [3.8, 4) is 0 Å². The van der Waals surface area contributed by atoms with Crippen LogP contribution in [-0.4, -0.2) is 53.3 Å². The van der Waals surface area contributed by atoms with Gasteiger partial charge >= 0.3 is 0 Å². The lowest BCUT2D eigenvalue weighted by molar-refractivity contribution is -0.135. The summed E-state index contributed by atoms with van der Waals surface area (Å²) in [5, 5.41) is 0.930. The summed E-state index contributed by atoms with van der Waals surface area (Å²) in [6, 6.07) is 9.94. The lowest BCUT2D eigenvalue weighted by Crippen LogP contribution is -2.43. The summed E-state index contributed by atoms with van der Waals surface area (Å²) in [5.74, 6) is 0.858. The van der Waals surface area contributed by atoms with Crippen molar-refractivity contribution >= 4 is 22.7 Å². The highest BCUT2D eigenvalue weighted by Gasteiger charge is 2.31. The van der Waals surface area contributed by atoms with Gasteiger partial charge in [0, 0.05) is 49.6 Å². The number of para-hydroxylation sites is 1. The van der Waals surface area contributed by atoms with Gasteiger partial charge in [0.05, 0.1) is 11.1 Å². The first kappa shape index (κ1) is 19.9. The van der Waals surface area contributed by atoms with E-state index in [0.29, 0.717) is 19.0 Å². The third kappa shape index (κ3) is 4.29. The number of likely N-dealkylation sites (tertiary alicyclic amines) is 1. The molecule has 1 saturated heterocycles. The first-order valence-electron chi connectivity index (χ1n) is 11.0. The van der Waals surface area contributed by atoms with Crippen LogP contribution in [0.25, 0.3) is 10.9 Å². The van der Waals surface area contributed by atoms with Crippen molar-refractivity contribution in [2.45, 2.75) is 51.4 Å². The van der Waals surface area contributed by atoms with Crippen molar-refractivity contribution < 1.29 is 9.59 Å². The molecular weight excluding hydrogens is 362 g/mol. The average molecular weight is 394 g/mol. The first-order valence-corrected chi connectivity index (χ1v) is 11.0. The van der Waals surface area contributed by atoms with Crippen LogP contribution < -0.4 is 0 Å². The number of benzene rings is 1. The number of carbonyl (C=O) groups is 2. The zero-order valence-electron chi connectivity index (χ0n) is 17.6. The molecule has 0 N–H and O–H groups in total. The van der Waals surface area contributed by atoms with Gasteiger partial charge in [-0.3, -0.25) is 14.6 Å². The maximum atomic E-state index is 13.4. The summed E-state index contributed by atoms with van der Waals surface area (Å²) in [4.78, 5) is 34.6. The van der Waals surface area contributed by atoms with E-state index in [1.807, 2.05) is 47.2 Å². The second-order valence-corrected chi connectivity index (χ2v) is 8.57. The van der Waals surface area contributed by atoms with Gasteiger partial charge in [0.15, 0.2) is 0 Å². The maximum Gasteiger partial charge on any atom is 0.254 e. The van der Waals surface area contributed by atoms with E-state index < -0.39 is 0 Å². The monoisotopic (exact) mass is 393 g/mol. The van der Waals surface area contributed by atoms with Crippen molar-refractivity contribution in [3.63, 3.8) is 0 Å². The van der Waals surface area contributed by atoms with E-state index in [2.05, 4.69) is 6.92 Å². The van der Waals surface area contributed by atoms with E-state index in [9.17, 15) is 9.59 Å². The van der Waals surface area contributed by atoms with Gasteiger partial charge < -0.3 is 9.80 Å². The van der Waals surface area contributed by atoms with Crippen LogP contribution in [0.1, 0.15) is 67.4 Å². The molecule has 154 valence electrons. The third-order valence-corrected chi connectivity index (χ3v) is 6.32. The average Bonchev–Trinajstić information content (AvgIpc) is 3.61. The number of piperidine rings is 1. The van der Waals surface area contributed by atoms with Crippen LogP contribution in [0.15, 0.2) is 30.3 Å². The summed E-state index contributed by atoms with van der Waals surface area (Å²) in [7, 11) is 1.90. The molecule has 0 spiro atoms. The Kier molecular flexibility index (Phi) is 5.84. The smallest absolute Gasteiger partial charge is 0.254 e. The van der Waals surface area contributed by atoms with E-state index in [-0.39, 0.29) is 17.7 Å². The normalized spacial score (nSPS) is 17.5. The molecule has 1 aliphatic carbocycles. The molecule has 4 rings (SSSR count). The minimum atomic E-state index is 0.0390. The molecule has 1 aromatic carbocycles. The van der Waals surface area contributed by atoms with E-state index >= 15 is 0 Å². The fourth-order valence-electron chi connectivity index (χ4n) is 4.28. The standard InChI is InChI=1S/C24H31N3O2/c1-3-4-13-26(2)23(28)18-11-14-27(15-12-18)24(29)20-16-22(17-9-10-17)25-21-8-6-5-7-19(20)21/h5-8,16-18H,3-4,9-15H2,1-2H3. The molecule has 0 atom stereocenters. The fraction of sp³-hybridized carbons (Fsp3) is 0.542. The molecule has 5 heteroatoms. The number of hydrogen-bond donors (Lipinski definition) is 0. The molecule has 2 heterocycles. The predicted molar refractivity (Wildman–Crippen MR) is 115 cm³/mol. The van der Waals surface area contributed by atoms with E-state index in [4.69, 9.17) is 4.98 Å². The number of pyridine rings is 1. The minimum absolute atomic E-state index is 0.0390. The molecule has 29 heavy (non-hydrogen) atoms. The summed E-state index contributed by atoms with van der Waals surface area (Å²) >= 11 is 0. The molecule has 2 aliphatic rings. The number of hydrogen-bond acceptors (Lipinski definition) is 3. The van der Waals surface area contributed by atoms with Gasteiger partial charge in [0.1, 0.15) is 0 Å². The number of aromatic nitrogens is 1. The van der Waals surface area contributed by atoms with Crippen LogP contribution >= 0.6 is 0 Å². The summed E-state index contributed by atoms with van der Waals surface area (Å²) in [5.41, 5.74) is 2.72. The quantitative estimate of drug-likeness (QED) is 0.738. The molecule has 0 bridgehead atoms. The van der Waals surface area contributed by atoms with Crippen molar-refractivity contribution in [2.75, 3.05) is 26.7 Å². The van der Waals surface area contributed by atoms with Gasteiger partial charge in [-0.2, -0.15) is 0 Å². The highest BCUT2D eigenvalue weighted by molar-refractivity contribution is 6.06. The van der Waals surface area contributed by atoms with Crippen molar-refractivity contribution in [3.05, 3.63) is 41.6 Å². The number of fused-ring (bicyclic) bond motifs is 1. The van der Waals surface area contributed by atoms with Crippen molar-refractivity contribution in [1.82, 2.24) is 14.8 Å². The second kappa shape index (κ2) is 8.52. The Bertz CT molecular complexity index is 898. The van der Waals surface area contributed by atoms with Crippen molar-refractivity contribution in [1.29, 1.82) is 0 Å². The largest absolute Gasteiger partial charge is 0.346 e. The highest BCUT2D eigenvalue weighted by atomic mass is 16.2. The van der Waals surface area contributed by atoms with Gasteiger partial charge in [0.25, 0.3) is 5.91 Å². The van der Waals surface area contributed by atoms with E-state index in [1.54, 1.807) is 0 Å². The van der Waals surface area contributed by atoms with Gasteiger partial charge in [0.2, 0.25) is 5.91 Å². The highest BCUT2D eigenvalue weighted by Crippen LogP contribution is 2.40. The summed E-state index contributed by atoms with van der Waals surface area (Å²) in [6.07, 6.45) is 5.96. The van der Waals surface area contributed by atoms with Gasteiger partial charge in [-0.25, -0.2) is 0 Å². The minimum Gasteiger partial charge on any atom is -0.346 e. The molecule has 1 saturated carbocycles. The van der Waals surface area contributed by atoms with Crippen LogP contribution in [0.5, 0.6) is 0 Å². The zero-order chi connectivity index (χ0) is 20.4. The molecule has 1 aliphatic heterocycles. The zero-order valence-corrected chi connectivity index (χ0v) is 17.6. The molecule has 2 amide bonds. The Labute approximate surface area is 173 Å². The number of nitrogens with zero attached hydrogens (tertiary/aromatic N) is 3. The van der Waals surface area contributed by atoms with Crippen LogP contribution in [0.4, 0.5) is 0 Å². The SMILES string of the molecule is CCCCN(C)C(=O)C1CCN(C(=O)c2cc(C3CC3)nc3ccccc23)CC1. The molecule has 5 nitrogen and oxygen atoms in total. The molecular formula is C24H31N3O2. The Morgan fingerprint density at radius 2 is 1.86 bits per heavy atom. The van der Waals surface area contributed by atoms with Gasteiger partial charge in [-0.05, 0) is 44.2 Å². The number of carbonyl (C=O) groups excluding carboxylic acids is 2. The first-order chi connectivity index (χ1) is 14.1. The molecule has 2 fully saturated rings.